The maximum atomic E-state index is 13.4. The molecule has 1 atom stereocenters. The lowest BCUT2D eigenvalue weighted by molar-refractivity contribution is -0.130. The van der Waals surface area contributed by atoms with Crippen LogP contribution < -0.4 is 4.74 Å². The predicted octanol–water partition coefficient (Wildman–Crippen LogP) is 6.01. The highest BCUT2D eigenvalue weighted by Crippen LogP contribution is 2.44. The fourth-order valence-corrected chi connectivity index (χ4v) is 4.08. The molecule has 5 heteroatoms. The number of carbonyl (C=O) groups excluding carboxylic acids is 1. The Kier molecular flexibility index (Phi) is 5.99. The van der Waals surface area contributed by atoms with Crippen molar-refractivity contribution in [3.05, 3.63) is 107 Å². The summed E-state index contributed by atoms with van der Waals surface area (Å²) in [7, 11) is 1.59. The summed E-state index contributed by atoms with van der Waals surface area (Å²) in [5.74, 6) is 0.0317. The van der Waals surface area contributed by atoms with Crippen LogP contribution in [0.5, 0.6) is 5.75 Å². The number of ether oxygens (including phenoxy) is 1. The topological polar surface area (TPSA) is 49.8 Å². The van der Waals surface area contributed by atoms with E-state index in [1.807, 2.05) is 36.4 Å². The fraction of sp³-hybridized carbons (Fsp3) is 0.222. The number of hydrogen-bond donors (Lipinski definition) is 1. The van der Waals surface area contributed by atoms with E-state index in [0.29, 0.717) is 17.2 Å². The third kappa shape index (κ3) is 4.11. The minimum Gasteiger partial charge on any atom is -0.503 e. The van der Waals surface area contributed by atoms with Crippen LogP contribution in [0.4, 0.5) is 4.39 Å². The van der Waals surface area contributed by atoms with Crippen molar-refractivity contribution in [1.82, 2.24) is 4.90 Å². The van der Waals surface area contributed by atoms with Crippen molar-refractivity contribution in [3.63, 3.8) is 0 Å². The molecule has 0 saturated carbocycles. The molecule has 0 unspecified atom stereocenters. The van der Waals surface area contributed by atoms with Crippen molar-refractivity contribution in [1.29, 1.82) is 0 Å². The molecule has 0 spiro atoms. The summed E-state index contributed by atoms with van der Waals surface area (Å²) in [6, 6.07) is 21.0. The van der Waals surface area contributed by atoms with Crippen molar-refractivity contribution in [3.8, 4) is 5.75 Å². The second-order valence-electron chi connectivity index (χ2n) is 8.27. The molecule has 1 aliphatic heterocycles. The molecule has 164 valence electrons. The van der Waals surface area contributed by atoms with Crippen LogP contribution in [0.25, 0.3) is 5.57 Å². The average molecular weight is 432 g/mol. The van der Waals surface area contributed by atoms with E-state index in [0.717, 1.165) is 16.7 Å². The van der Waals surface area contributed by atoms with E-state index >= 15 is 0 Å². The Morgan fingerprint density at radius 1 is 0.969 bits per heavy atom. The molecule has 0 saturated heterocycles. The summed E-state index contributed by atoms with van der Waals surface area (Å²) >= 11 is 0. The molecule has 1 heterocycles. The largest absolute Gasteiger partial charge is 0.503 e. The molecule has 3 aromatic carbocycles. The Balaban J connectivity index is 1.78. The summed E-state index contributed by atoms with van der Waals surface area (Å²) in [5.41, 5.74) is 4.18. The standard InChI is InChI=1S/C27H26FNO3/c1-17(2)19-6-8-21(9-7-19)25-24(20-10-14-23(32-3)15-11-20)26(30)27(31)29(25)16-18-4-12-22(28)13-5-18/h4-15,17,25,30H,16H2,1-3H3/t25-/m1/s1. The van der Waals surface area contributed by atoms with E-state index in [1.165, 1.54) is 17.7 Å². The maximum absolute atomic E-state index is 13.4. The number of halogens is 1. The van der Waals surface area contributed by atoms with Crippen molar-refractivity contribution in [2.24, 2.45) is 0 Å². The Labute approximate surface area is 187 Å². The number of nitrogens with zero attached hydrogens (tertiary/aromatic N) is 1. The van der Waals surface area contributed by atoms with Crippen LogP contribution in [0.15, 0.2) is 78.6 Å². The fourth-order valence-electron chi connectivity index (χ4n) is 4.08. The average Bonchev–Trinajstić information content (AvgIpc) is 3.05. The lowest BCUT2D eigenvalue weighted by Gasteiger charge is -2.28. The van der Waals surface area contributed by atoms with Crippen molar-refractivity contribution in [2.75, 3.05) is 7.11 Å². The van der Waals surface area contributed by atoms with Crippen molar-refractivity contribution in [2.45, 2.75) is 32.4 Å². The Hall–Kier alpha value is -3.60. The molecule has 0 radical (unpaired) electrons. The number of benzene rings is 3. The molecule has 3 aromatic rings. The van der Waals surface area contributed by atoms with E-state index in [-0.39, 0.29) is 18.1 Å². The van der Waals surface area contributed by atoms with Gasteiger partial charge in [0.1, 0.15) is 11.6 Å². The maximum Gasteiger partial charge on any atom is 0.290 e. The molecule has 1 amide bonds. The molecule has 1 aliphatic rings. The number of aliphatic hydroxyl groups excluding tert-OH is 1. The first kappa shape index (κ1) is 21.6. The second kappa shape index (κ2) is 8.87. The number of rotatable bonds is 6. The van der Waals surface area contributed by atoms with Crippen LogP contribution in [0.3, 0.4) is 0 Å². The molecule has 4 nitrogen and oxygen atoms in total. The van der Waals surface area contributed by atoms with Crippen molar-refractivity contribution >= 4 is 11.5 Å². The smallest absolute Gasteiger partial charge is 0.290 e. The molecule has 0 aliphatic carbocycles. The Morgan fingerprint density at radius 2 is 1.59 bits per heavy atom. The van der Waals surface area contributed by atoms with E-state index in [4.69, 9.17) is 4.74 Å². The highest BCUT2D eigenvalue weighted by atomic mass is 19.1. The number of carbonyl (C=O) groups is 1. The quantitative estimate of drug-likeness (QED) is 0.520. The number of methoxy groups -OCH3 is 1. The first-order chi connectivity index (χ1) is 15.4. The highest BCUT2D eigenvalue weighted by Gasteiger charge is 2.41. The summed E-state index contributed by atoms with van der Waals surface area (Å²) < 4.78 is 18.6. The normalized spacial score (nSPS) is 16.2. The van der Waals surface area contributed by atoms with Crippen LogP contribution in [0, 0.1) is 5.82 Å². The summed E-state index contributed by atoms with van der Waals surface area (Å²) in [4.78, 5) is 14.8. The molecular formula is C27H26FNO3. The van der Waals surface area contributed by atoms with Crippen LogP contribution in [-0.2, 0) is 11.3 Å². The van der Waals surface area contributed by atoms with Crippen LogP contribution in [0.2, 0.25) is 0 Å². The minimum atomic E-state index is -0.470. The van der Waals surface area contributed by atoms with Crippen LogP contribution >= 0.6 is 0 Å². The van der Waals surface area contributed by atoms with Gasteiger partial charge in [0.05, 0.1) is 13.2 Å². The monoisotopic (exact) mass is 431 g/mol. The van der Waals surface area contributed by atoms with Gasteiger partial charge in [0.2, 0.25) is 0 Å². The van der Waals surface area contributed by atoms with Gasteiger partial charge in [-0.1, -0.05) is 62.4 Å². The van der Waals surface area contributed by atoms with Gasteiger partial charge in [-0.15, -0.1) is 0 Å². The van der Waals surface area contributed by atoms with Gasteiger partial charge >= 0.3 is 0 Å². The zero-order valence-electron chi connectivity index (χ0n) is 18.4. The molecule has 0 fully saturated rings. The van der Waals surface area contributed by atoms with E-state index in [1.54, 1.807) is 24.1 Å². The number of aliphatic hydroxyl groups is 1. The lowest BCUT2D eigenvalue weighted by Crippen LogP contribution is -2.29. The van der Waals surface area contributed by atoms with Crippen molar-refractivity contribution < 1.29 is 19.0 Å². The number of hydrogen-bond acceptors (Lipinski definition) is 3. The highest BCUT2D eigenvalue weighted by molar-refractivity contribution is 6.05. The summed E-state index contributed by atoms with van der Waals surface area (Å²) in [6.45, 7) is 4.51. The molecule has 0 bridgehead atoms. The molecule has 1 N–H and O–H groups in total. The van der Waals surface area contributed by atoms with E-state index < -0.39 is 11.9 Å². The lowest BCUT2D eigenvalue weighted by atomic mass is 9.91. The molecule has 4 rings (SSSR count). The van der Waals surface area contributed by atoms with Gasteiger partial charge in [0.15, 0.2) is 5.76 Å². The third-order valence-corrected chi connectivity index (χ3v) is 5.89. The minimum absolute atomic E-state index is 0.249. The first-order valence-corrected chi connectivity index (χ1v) is 10.6. The zero-order chi connectivity index (χ0) is 22.8. The zero-order valence-corrected chi connectivity index (χ0v) is 18.4. The number of amides is 1. The van der Waals surface area contributed by atoms with Gasteiger partial charge in [-0.3, -0.25) is 4.79 Å². The first-order valence-electron chi connectivity index (χ1n) is 10.6. The van der Waals surface area contributed by atoms with Gasteiger partial charge in [0.25, 0.3) is 5.91 Å². The van der Waals surface area contributed by atoms with Gasteiger partial charge in [0, 0.05) is 12.1 Å². The Morgan fingerprint density at radius 3 is 2.16 bits per heavy atom. The van der Waals surface area contributed by atoms with Gasteiger partial charge < -0.3 is 14.7 Å². The molecule has 0 aromatic heterocycles. The van der Waals surface area contributed by atoms with E-state index in [9.17, 15) is 14.3 Å². The second-order valence-corrected chi connectivity index (χ2v) is 8.27. The predicted molar refractivity (Wildman–Crippen MR) is 123 cm³/mol. The summed E-state index contributed by atoms with van der Waals surface area (Å²) in [5, 5.41) is 10.9. The van der Waals surface area contributed by atoms with Crippen LogP contribution in [-0.4, -0.2) is 23.0 Å². The van der Waals surface area contributed by atoms with Gasteiger partial charge in [-0.2, -0.15) is 0 Å². The van der Waals surface area contributed by atoms with E-state index in [2.05, 4.69) is 26.0 Å². The summed E-state index contributed by atoms with van der Waals surface area (Å²) in [6.07, 6.45) is 0. The molecular weight excluding hydrogens is 405 g/mol. The van der Waals surface area contributed by atoms with Crippen LogP contribution in [0.1, 0.15) is 48.1 Å². The SMILES string of the molecule is COc1ccc(C2=C(O)C(=O)N(Cc3ccc(F)cc3)[C@@H]2c2ccc(C(C)C)cc2)cc1. The van der Waals surface area contributed by atoms with Gasteiger partial charge in [-0.25, -0.2) is 4.39 Å². The Bertz CT molecular complexity index is 1130. The third-order valence-electron chi connectivity index (χ3n) is 5.89. The molecule has 32 heavy (non-hydrogen) atoms. The van der Waals surface area contributed by atoms with Gasteiger partial charge in [-0.05, 0) is 52.4 Å².